The van der Waals surface area contributed by atoms with Gasteiger partial charge in [-0.25, -0.2) is 18.1 Å². The minimum Gasteiger partial charge on any atom is -0.308 e. The highest BCUT2D eigenvalue weighted by Crippen LogP contribution is 2.29. The SMILES string of the molecule is CC(C)(C)c1ccc(Cn2nnc3c(=O)[nH]c(C4CCN(S(=O)(=O)c5ccccc5)CC4)nc32)cc1. The second kappa shape index (κ2) is 9.25. The van der Waals surface area contributed by atoms with Crippen LogP contribution >= 0.6 is 0 Å². The van der Waals surface area contributed by atoms with E-state index in [1.54, 1.807) is 35.0 Å². The van der Waals surface area contributed by atoms with Crippen molar-refractivity contribution in [1.29, 1.82) is 0 Å². The summed E-state index contributed by atoms with van der Waals surface area (Å²) in [5.41, 5.74) is 2.66. The summed E-state index contributed by atoms with van der Waals surface area (Å²) in [5.74, 6) is 0.495. The average Bonchev–Trinajstić information content (AvgIpc) is 3.27. The van der Waals surface area contributed by atoms with E-state index in [9.17, 15) is 13.2 Å². The van der Waals surface area contributed by atoms with Crippen LogP contribution in [-0.4, -0.2) is 50.8 Å². The summed E-state index contributed by atoms with van der Waals surface area (Å²) in [6.45, 7) is 7.69. The molecular weight excluding hydrogens is 476 g/mol. The van der Waals surface area contributed by atoms with Gasteiger partial charge in [-0.1, -0.05) is 68.4 Å². The van der Waals surface area contributed by atoms with Gasteiger partial charge in [0, 0.05) is 19.0 Å². The Morgan fingerprint density at radius 1 is 1.00 bits per heavy atom. The van der Waals surface area contributed by atoms with Crippen molar-refractivity contribution in [2.45, 2.75) is 56.4 Å². The van der Waals surface area contributed by atoms with E-state index < -0.39 is 10.0 Å². The topological polar surface area (TPSA) is 114 Å². The number of hydrogen-bond donors (Lipinski definition) is 1. The molecular formula is C26H30N6O3S. The quantitative estimate of drug-likeness (QED) is 0.444. The molecule has 0 radical (unpaired) electrons. The van der Waals surface area contributed by atoms with Crippen molar-refractivity contribution in [2.75, 3.05) is 13.1 Å². The first kappa shape index (κ1) is 24.3. The number of benzene rings is 2. The molecule has 1 saturated heterocycles. The Morgan fingerprint density at radius 2 is 1.67 bits per heavy atom. The number of piperidine rings is 1. The van der Waals surface area contributed by atoms with Crippen molar-refractivity contribution in [1.82, 2.24) is 29.3 Å². The van der Waals surface area contributed by atoms with Gasteiger partial charge >= 0.3 is 0 Å². The van der Waals surface area contributed by atoms with Crippen LogP contribution < -0.4 is 5.56 Å². The van der Waals surface area contributed by atoms with Crippen LogP contribution in [0.5, 0.6) is 0 Å². The van der Waals surface area contributed by atoms with Gasteiger partial charge in [0.2, 0.25) is 10.0 Å². The first-order valence-electron chi connectivity index (χ1n) is 12.1. The van der Waals surface area contributed by atoms with Gasteiger partial charge < -0.3 is 4.98 Å². The summed E-state index contributed by atoms with van der Waals surface area (Å²) in [6.07, 6.45) is 1.13. The van der Waals surface area contributed by atoms with Gasteiger partial charge in [0.15, 0.2) is 11.2 Å². The molecule has 188 valence electrons. The first-order valence-corrected chi connectivity index (χ1v) is 13.5. The van der Waals surface area contributed by atoms with Gasteiger partial charge in [-0.15, -0.1) is 5.10 Å². The maximum absolute atomic E-state index is 13.0. The van der Waals surface area contributed by atoms with Gasteiger partial charge in [0.25, 0.3) is 5.56 Å². The van der Waals surface area contributed by atoms with Crippen LogP contribution in [0.15, 0.2) is 64.3 Å². The van der Waals surface area contributed by atoms with E-state index >= 15 is 0 Å². The molecule has 3 heterocycles. The van der Waals surface area contributed by atoms with Gasteiger partial charge in [0.05, 0.1) is 11.4 Å². The molecule has 5 rings (SSSR count). The molecule has 1 aliphatic rings. The minimum atomic E-state index is -3.54. The zero-order chi connectivity index (χ0) is 25.5. The summed E-state index contributed by atoms with van der Waals surface area (Å²) in [6, 6.07) is 16.8. The molecule has 0 aliphatic carbocycles. The summed E-state index contributed by atoms with van der Waals surface area (Å²) >= 11 is 0. The molecule has 1 aliphatic heterocycles. The highest BCUT2D eigenvalue weighted by Gasteiger charge is 2.31. The lowest BCUT2D eigenvalue weighted by molar-refractivity contribution is 0.313. The number of rotatable bonds is 5. The molecule has 36 heavy (non-hydrogen) atoms. The number of fused-ring (bicyclic) bond motifs is 1. The average molecular weight is 507 g/mol. The Balaban J connectivity index is 1.35. The molecule has 0 saturated carbocycles. The third kappa shape index (κ3) is 4.70. The fourth-order valence-corrected chi connectivity index (χ4v) is 6.07. The van der Waals surface area contributed by atoms with Crippen LogP contribution in [0.3, 0.4) is 0 Å². The molecule has 0 unspecified atom stereocenters. The summed E-state index contributed by atoms with van der Waals surface area (Å²) in [7, 11) is -3.54. The molecule has 9 nitrogen and oxygen atoms in total. The molecule has 4 aromatic rings. The Hall–Kier alpha value is -3.37. The fraction of sp³-hybridized carbons (Fsp3) is 0.385. The molecule has 0 amide bonds. The predicted molar refractivity (Wildman–Crippen MR) is 137 cm³/mol. The second-order valence-corrected chi connectivity index (χ2v) is 12.2. The maximum atomic E-state index is 13.0. The Labute approximate surface area is 210 Å². The standard InChI is InChI=1S/C26H30N6O3S/c1-26(2,3)20-11-9-18(10-12-20)17-32-24-22(29-30-32)25(33)28-23(27-24)19-13-15-31(16-14-19)36(34,35)21-7-5-4-6-8-21/h4-12,19H,13-17H2,1-3H3,(H,27,28,33). The van der Waals surface area contributed by atoms with E-state index in [2.05, 4.69) is 60.3 Å². The molecule has 10 heteroatoms. The molecule has 0 atom stereocenters. The van der Waals surface area contributed by atoms with Crippen molar-refractivity contribution < 1.29 is 8.42 Å². The third-order valence-corrected chi connectivity index (χ3v) is 8.68. The normalized spacial score (nSPS) is 16.0. The number of H-pyrrole nitrogens is 1. The van der Waals surface area contributed by atoms with E-state index in [0.717, 1.165) is 5.56 Å². The minimum absolute atomic E-state index is 0.0567. The monoisotopic (exact) mass is 506 g/mol. The fourth-order valence-electron chi connectivity index (χ4n) is 4.58. The van der Waals surface area contributed by atoms with Crippen LogP contribution in [-0.2, 0) is 22.0 Å². The van der Waals surface area contributed by atoms with Crippen molar-refractivity contribution >= 4 is 21.2 Å². The van der Waals surface area contributed by atoms with Crippen LogP contribution in [0.4, 0.5) is 0 Å². The largest absolute Gasteiger partial charge is 0.308 e. The zero-order valence-corrected chi connectivity index (χ0v) is 21.5. The number of aromatic amines is 1. The number of sulfonamides is 1. The Bertz CT molecular complexity index is 1530. The van der Waals surface area contributed by atoms with Gasteiger partial charge in [0.1, 0.15) is 5.82 Å². The molecule has 2 aromatic heterocycles. The number of nitrogens with zero attached hydrogens (tertiary/aromatic N) is 5. The van der Waals surface area contributed by atoms with Crippen LogP contribution in [0.25, 0.3) is 11.2 Å². The van der Waals surface area contributed by atoms with Gasteiger partial charge in [-0.2, -0.15) is 4.31 Å². The Kier molecular flexibility index (Phi) is 6.25. The molecule has 1 fully saturated rings. The molecule has 2 aromatic carbocycles. The van der Waals surface area contributed by atoms with Crippen molar-refractivity contribution in [3.63, 3.8) is 0 Å². The van der Waals surface area contributed by atoms with Gasteiger partial charge in [-0.3, -0.25) is 4.79 Å². The summed E-state index contributed by atoms with van der Waals surface area (Å²) in [4.78, 5) is 20.6. The number of aromatic nitrogens is 5. The second-order valence-electron chi connectivity index (χ2n) is 10.3. The van der Waals surface area contributed by atoms with Crippen LogP contribution in [0, 0.1) is 0 Å². The zero-order valence-electron chi connectivity index (χ0n) is 20.7. The number of hydrogen-bond acceptors (Lipinski definition) is 6. The van der Waals surface area contributed by atoms with Crippen LogP contribution in [0.1, 0.15) is 56.5 Å². The summed E-state index contributed by atoms with van der Waals surface area (Å²) in [5, 5.41) is 8.24. The summed E-state index contributed by atoms with van der Waals surface area (Å²) < 4.78 is 29.1. The molecule has 0 bridgehead atoms. The van der Waals surface area contributed by atoms with E-state index in [1.165, 1.54) is 9.87 Å². The van der Waals surface area contributed by atoms with E-state index in [-0.39, 0.29) is 22.4 Å². The van der Waals surface area contributed by atoms with Crippen molar-refractivity contribution in [2.24, 2.45) is 0 Å². The smallest absolute Gasteiger partial charge is 0.281 e. The lowest BCUT2D eigenvalue weighted by Gasteiger charge is -2.30. The van der Waals surface area contributed by atoms with Crippen LogP contribution in [0.2, 0.25) is 0 Å². The highest BCUT2D eigenvalue weighted by atomic mass is 32.2. The van der Waals surface area contributed by atoms with Gasteiger partial charge in [-0.05, 0) is 41.5 Å². The lowest BCUT2D eigenvalue weighted by Crippen LogP contribution is -2.38. The predicted octanol–water partition coefficient (Wildman–Crippen LogP) is 3.43. The lowest BCUT2D eigenvalue weighted by atomic mass is 9.87. The first-order chi connectivity index (χ1) is 17.1. The highest BCUT2D eigenvalue weighted by molar-refractivity contribution is 7.89. The van der Waals surface area contributed by atoms with Crippen molar-refractivity contribution in [3.05, 3.63) is 81.9 Å². The maximum Gasteiger partial charge on any atom is 0.281 e. The van der Waals surface area contributed by atoms with E-state index in [0.29, 0.717) is 48.8 Å². The van der Waals surface area contributed by atoms with E-state index in [1.807, 2.05) is 0 Å². The Morgan fingerprint density at radius 3 is 2.31 bits per heavy atom. The third-order valence-electron chi connectivity index (χ3n) is 6.77. The van der Waals surface area contributed by atoms with Crippen molar-refractivity contribution in [3.8, 4) is 0 Å². The molecule has 1 N–H and O–H groups in total. The molecule has 0 spiro atoms. The number of nitrogens with one attached hydrogen (secondary N) is 1. The van der Waals surface area contributed by atoms with E-state index in [4.69, 9.17) is 4.98 Å².